The smallest absolute Gasteiger partial charge is 0.335 e. The summed E-state index contributed by atoms with van der Waals surface area (Å²) in [5, 5.41) is 8.90. The van der Waals surface area contributed by atoms with Crippen molar-refractivity contribution in [2.45, 2.75) is 19.1 Å². The lowest BCUT2D eigenvalue weighted by atomic mass is 9.95. The van der Waals surface area contributed by atoms with Crippen molar-refractivity contribution in [2.75, 3.05) is 31.2 Å². The number of ether oxygens (including phenoxy) is 2. The van der Waals surface area contributed by atoms with E-state index in [-0.39, 0.29) is 6.29 Å². The van der Waals surface area contributed by atoms with Crippen LogP contribution in [-0.4, -0.2) is 43.7 Å². The van der Waals surface area contributed by atoms with E-state index >= 15 is 0 Å². The molecule has 2 aliphatic heterocycles. The second kappa shape index (κ2) is 5.81. The van der Waals surface area contributed by atoms with Crippen molar-refractivity contribution >= 4 is 11.7 Å². The van der Waals surface area contributed by atoms with Gasteiger partial charge in [0.25, 0.3) is 0 Å². The third-order valence-electron chi connectivity index (χ3n) is 4.05. The number of benzene rings is 1. The molecule has 20 heavy (non-hydrogen) atoms. The summed E-state index contributed by atoms with van der Waals surface area (Å²) in [5.41, 5.74) is 1.41. The number of carboxylic acids is 1. The first-order valence-electron chi connectivity index (χ1n) is 7.05. The molecule has 0 atom stereocenters. The first-order valence-corrected chi connectivity index (χ1v) is 7.05. The number of aromatic carboxylic acids is 1. The van der Waals surface area contributed by atoms with Gasteiger partial charge >= 0.3 is 5.97 Å². The van der Waals surface area contributed by atoms with Gasteiger partial charge in [-0.3, -0.25) is 0 Å². The van der Waals surface area contributed by atoms with Crippen LogP contribution in [0.1, 0.15) is 23.2 Å². The maximum Gasteiger partial charge on any atom is 0.335 e. The zero-order valence-corrected chi connectivity index (χ0v) is 11.3. The van der Waals surface area contributed by atoms with Crippen molar-refractivity contribution in [3.05, 3.63) is 29.8 Å². The van der Waals surface area contributed by atoms with E-state index in [0.29, 0.717) is 24.7 Å². The first kappa shape index (κ1) is 13.4. The van der Waals surface area contributed by atoms with Gasteiger partial charge in [-0.1, -0.05) is 0 Å². The van der Waals surface area contributed by atoms with Crippen LogP contribution < -0.4 is 4.90 Å². The van der Waals surface area contributed by atoms with Gasteiger partial charge in [-0.05, 0) is 37.1 Å². The second-order valence-electron chi connectivity index (χ2n) is 5.29. The van der Waals surface area contributed by atoms with Gasteiger partial charge in [0.15, 0.2) is 6.29 Å². The van der Waals surface area contributed by atoms with Gasteiger partial charge in [0, 0.05) is 24.7 Å². The number of hydrogen-bond acceptors (Lipinski definition) is 4. The van der Waals surface area contributed by atoms with E-state index in [1.807, 2.05) is 12.1 Å². The summed E-state index contributed by atoms with van der Waals surface area (Å²) in [5.74, 6) is -0.405. The van der Waals surface area contributed by atoms with Crippen LogP contribution in [0.25, 0.3) is 0 Å². The Hall–Kier alpha value is -1.59. The lowest BCUT2D eigenvalue weighted by molar-refractivity contribution is -0.0889. The molecule has 108 valence electrons. The minimum atomic E-state index is -0.884. The number of nitrogens with zero attached hydrogens (tertiary/aromatic N) is 1. The van der Waals surface area contributed by atoms with Gasteiger partial charge in [-0.25, -0.2) is 4.79 Å². The molecule has 1 aromatic carbocycles. The zero-order valence-electron chi connectivity index (χ0n) is 11.3. The standard InChI is InChI=1S/C15H19NO4/c17-14(18)11-1-3-13(4-2-11)16-7-5-12(6-8-16)15-19-9-10-20-15/h1-4,12,15H,5-10H2,(H,17,18). The Morgan fingerprint density at radius 2 is 1.70 bits per heavy atom. The van der Waals surface area contributed by atoms with Crippen LogP contribution in [0.3, 0.4) is 0 Å². The van der Waals surface area contributed by atoms with E-state index in [4.69, 9.17) is 14.6 Å². The topological polar surface area (TPSA) is 59.0 Å². The van der Waals surface area contributed by atoms with Gasteiger partial charge in [0.05, 0.1) is 18.8 Å². The molecule has 0 amide bonds. The quantitative estimate of drug-likeness (QED) is 0.915. The molecule has 2 fully saturated rings. The highest BCUT2D eigenvalue weighted by molar-refractivity contribution is 5.88. The molecule has 2 heterocycles. The Bertz CT molecular complexity index is 459. The minimum Gasteiger partial charge on any atom is -0.478 e. The summed E-state index contributed by atoms with van der Waals surface area (Å²) in [7, 11) is 0. The fourth-order valence-corrected chi connectivity index (χ4v) is 2.89. The molecule has 2 saturated heterocycles. The molecule has 1 N–H and O–H groups in total. The van der Waals surface area contributed by atoms with Gasteiger partial charge in [-0.2, -0.15) is 0 Å². The summed E-state index contributed by atoms with van der Waals surface area (Å²) in [6, 6.07) is 7.08. The van der Waals surface area contributed by atoms with Crippen molar-refractivity contribution < 1.29 is 19.4 Å². The van der Waals surface area contributed by atoms with E-state index in [1.165, 1.54) is 0 Å². The molecule has 1 aromatic rings. The third kappa shape index (κ3) is 2.78. The third-order valence-corrected chi connectivity index (χ3v) is 4.05. The molecule has 0 aliphatic carbocycles. The average molecular weight is 277 g/mol. The van der Waals surface area contributed by atoms with E-state index in [1.54, 1.807) is 12.1 Å². The second-order valence-corrected chi connectivity index (χ2v) is 5.29. The number of rotatable bonds is 3. The fourth-order valence-electron chi connectivity index (χ4n) is 2.89. The van der Waals surface area contributed by atoms with Crippen LogP contribution in [0.15, 0.2) is 24.3 Å². The molecule has 0 aromatic heterocycles. The van der Waals surface area contributed by atoms with Crippen LogP contribution in [0.5, 0.6) is 0 Å². The number of anilines is 1. The average Bonchev–Trinajstić information content (AvgIpc) is 3.02. The maximum atomic E-state index is 10.8. The molecular weight excluding hydrogens is 258 g/mol. The summed E-state index contributed by atoms with van der Waals surface area (Å²) in [6.07, 6.45) is 2.07. The fraction of sp³-hybridized carbons (Fsp3) is 0.533. The molecule has 5 heteroatoms. The van der Waals surface area contributed by atoms with Gasteiger partial charge < -0.3 is 19.5 Å². The van der Waals surface area contributed by atoms with E-state index in [2.05, 4.69) is 4.90 Å². The lowest BCUT2D eigenvalue weighted by Crippen LogP contribution is -2.38. The number of carboxylic acid groups (broad SMARTS) is 1. The molecule has 3 rings (SSSR count). The number of piperidine rings is 1. The summed E-state index contributed by atoms with van der Waals surface area (Å²) < 4.78 is 11.1. The van der Waals surface area contributed by atoms with Crippen molar-refractivity contribution in [3.8, 4) is 0 Å². The molecule has 0 saturated carbocycles. The van der Waals surface area contributed by atoms with Gasteiger partial charge in [0.1, 0.15) is 0 Å². The largest absolute Gasteiger partial charge is 0.478 e. The Kier molecular flexibility index (Phi) is 3.89. The number of hydrogen-bond donors (Lipinski definition) is 1. The monoisotopic (exact) mass is 277 g/mol. The molecule has 0 radical (unpaired) electrons. The summed E-state index contributed by atoms with van der Waals surface area (Å²) in [4.78, 5) is 13.1. The van der Waals surface area contributed by atoms with Gasteiger partial charge in [0.2, 0.25) is 0 Å². The van der Waals surface area contributed by atoms with Gasteiger partial charge in [-0.15, -0.1) is 0 Å². The van der Waals surface area contributed by atoms with E-state index < -0.39 is 5.97 Å². The zero-order chi connectivity index (χ0) is 13.9. The normalized spacial score (nSPS) is 21.3. The minimum absolute atomic E-state index is 0.0217. The van der Waals surface area contributed by atoms with Crippen LogP contribution >= 0.6 is 0 Å². The highest BCUT2D eigenvalue weighted by Gasteiger charge is 2.30. The van der Waals surface area contributed by atoms with Crippen LogP contribution in [-0.2, 0) is 9.47 Å². The molecular formula is C15H19NO4. The van der Waals surface area contributed by atoms with Crippen molar-refractivity contribution in [2.24, 2.45) is 5.92 Å². The molecule has 2 aliphatic rings. The first-order chi connectivity index (χ1) is 9.74. The Morgan fingerprint density at radius 1 is 1.10 bits per heavy atom. The Labute approximate surface area is 118 Å². The SMILES string of the molecule is O=C(O)c1ccc(N2CCC(C3OCCO3)CC2)cc1. The van der Waals surface area contributed by atoms with Crippen molar-refractivity contribution in [1.29, 1.82) is 0 Å². The highest BCUT2D eigenvalue weighted by Crippen LogP contribution is 2.28. The molecule has 0 bridgehead atoms. The van der Waals surface area contributed by atoms with Crippen LogP contribution in [0, 0.1) is 5.92 Å². The molecule has 5 nitrogen and oxygen atoms in total. The summed E-state index contributed by atoms with van der Waals surface area (Å²) in [6.45, 7) is 3.34. The van der Waals surface area contributed by atoms with Crippen molar-refractivity contribution in [3.63, 3.8) is 0 Å². The van der Waals surface area contributed by atoms with Crippen LogP contribution in [0.2, 0.25) is 0 Å². The molecule has 0 unspecified atom stereocenters. The predicted molar refractivity (Wildman–Crippen MR) is 74.0 cm³/mol. The maximum absolute atomic E-state index is 10.8. The van der Waals surface area contributed by atoms with E-state index in [0.717, 1.165) is 31.6 Å². The lowest BCUT2D eigenvalue weighted by Gasteiger charge is -2.35. The summed E-state index contributed by atoms with van der Waals surface area (Å²) >= 11 is 0. The molecule has 0 spiro atoms. The highest BCUT2D eigenvalue weighted by atomic mass is 16.7. The Morgan fingerprint density at radius 3 is 2.25 bits per heavy atom. The Balaban J connectivity index is 1.58. The van der Waals surface area contributed by atoms with Crippen molar-refractivity contribution in [1.82, 2.24) is 0 Å². The predicted octanol–water partition coefficient (Wildman–Crippen LogP) is 1.97. The van der Waals surface area contributed by atoms with Crippen LogP contribution in [0.4, 0.5) is 5.69 Å². The number of carbonyl (C=O) groups is 1. The van der Waals surface area contributed by atoms with E-state index in [9.17, 15) is 4.79 Å².